The van der Waals surface area contributed by atoms with E-state index < -0.39 is 0 Å². The lowest BCUT2D eigenvalue weighted by Gasteiger charge is -2.06. The Morgan fingerprint density at radius 1 is 1.11 bits per heavy atom. The van der Waals surface area contributed by atoms with Gasteiger partial charge >= 0.3 is 0 Å². The summed E-state index contributed by atoms with van der Waals surface area (Å²) >= 11 is 0. The van der Waals surface area contributed by atoms with Crippen molar-refractivity contribution in [1.82, 2.24) is 20.8 Å². The molecular formula is C14H24N4. The van der Waals surface area contributed by atoms with Crippen molar-refractivity contribution in [2.45, 2.75) is 57.5 Å². The van der Waals surface area contributed by atoms with Crippen LogP contribution in [0.4, 0.5) is 0 Å². The summed E-state index contributed by atoms with van der Waals surface area (Å²) in [5.41, 5.74) is 4.13. The van der Waals surface area contributed by atoms with Crippen molar-refractivity contribution >= 4 is 0 Å². The SMILES string of the molecule is C1CCc2[nH]nc(CNCCNC3CC3)c2CC1. The normalized spacial score (nSPS) is 19.6. The molecule has 0 radical (unpaired) electrons. The van der Waals surface area contributed by atoms with Crippen molar-refractivity contribution in [1.29, 1.82) is 0 Å². The van der Waals surface area contributed by atoms with Gasteiger partial charge in [0.25, 0.3) is 0 Å². The summed E-state index contributed by atoms with van der Waals surface area (Å²) < 4.78 is 0. The summed E-state index contributed by atoms with van der Waals surface area (Å²) in [6.07, 6.45) is 9.13. The molecule has 2 aliphatic rings. The number of aromatic nitrogens is 2. The molecule has 3 N–H and O–H groups in total. The molecule has 0 aromatic carbocycles. The highest BCUT2D eigenvalue weighted by Gasteiger charge is 2.19. The standard InChI is InChI=1S/C14H24N4/c1-2-4-12-13(5-3-1)17-18-14(12)10-15-8-9-16-11-6-7-11/h11,15-16H,1-10H2,(H,17,18). The fourth-order valence-corrected chi connectivity index (χ4v) is 2.73. The Kier molecular flexibility index (Phi) is 3.96. The molecule has 0 bridgehead atoms. The van der Waals surface area contributed by atoms with Crippen LogP contribution >= 0.6 is 0 Å². The van der Waals surface area contributed by atoms with Gasteiger partial charge in [-0.3, -0.25) is 5.10 Å². The van der Waals surface area contributed by atoms with Crippen molar-refractivity contribution in [2.24, 2.45) is 0 Å². The molecular weight excluding hydrogens is 224 g/mol. The number of fused-ring (bicyclic) bond motifs is 1. The third-order valence-electron chi connectivity index (χ3n) is 4.00. The highest BCUT2D eigenvalue weighted by atomic mass is 15.1. The molecule has 3 rings (SSSR count). The van der Waals surface area contributed by atoms with Gasteiger partial charge < -0.3 is 10.6 Å². The topological polar surface area (TPSA) is 52.7 Å². The number of hydrogen-bond donors (Lipinski definition) is 3. The van der Waals surface area contributed by atoms with Gasteiger partial charge in [0, 0.05) is 31.4 Å². The van der Waals surface area contributed by atoms with Crippen LogP contribution in [0.2, 0.25) is 0 Å². The Balaban J connectivity index is 1.45. The first-order chi connectivity index (χ1) is 8.93. The van der Waals surface area contributed by atoms with E-state index in [-0.39, 0.29) is 0 Å². The van der Waals surface area contributed by atoms with E-state index >= 15 is 0 Å². The molecule has 1 fully saturated rings. The minimum atomic E-state index is 0.813. The molecule has 0 saturated heterocycles. The van der Waals surface area contributed by atoms with Gasteiger partial charge in [-0.15, -0.1) is 0 Å². The molecule has 2 aliphatic carbocycles. The predicted molar refractivity (Wildman–Crippen MR) is 72.6 cm³/mol. The molecule has 4 heteroatoms. The molecule has 1 saturated carbocycles. The van der Waals surface area contributed by atoms with Crippen molar-refractivity contribution in [3.05, 3.63) is 17.0 Å². The Bertz CT molecular complexity index is 381. The maximum atomic E-state index is 4.48. The zero-order valence-electron chi connectivity index (χ0n) is 11.1. The van der Waals surface area contributed by atoms with Crippen LogP contribution in [-0.4, -0.2) is 29.3 Å². The molecule has 1 aromatic heterocycles. The van der Waals surface area contributed by atoms with Crippen molar-refractivity contribution in [2.75, 3.05) is 13.1 Å². The summed E-state index contributed by atoms with van der Waals surface area (Å²) in [5.74, 6) is 0. The summed E-state index contributed by atoms with van der Waals surface area (Å²) in [5, 5.41) is 14.7. The van der Waals surface area contributed by atoms with E-state index in [1.54, 1.807) is 0 Å². The fraction of sp³-hybridized carbons (Fsp3) is 0.786. The molecule has 100 valence electrons. The summed E-state index contributed by atoms with van der Waals surface area (Å²) in [7, 11) is 0. The molecule has 1 heterocycles. The van der Waals surface area contributed by atoms with Gasteiger partial charge in [0.15, 0.2) is 0 Å². The maximum Gasteiger partial charge on any atom is 0.0794 e. The first kappa shape index (κ1) is 12.2. The lowest BCUT2D eigenvalue weighted by molar-refractivity contribution is 0.600. The number of H-pyrrole nitrogens is 1. The highest BCUT2D eigenvalue weighted by molar-refractivity contribution is 5.26. The molecule has 0 spiro atoms. The van der Waals surface area contributed by atoms with Crippen LogP contribution in [0, 0.1) is 0 Å². The minimum Gasteiger partial charge on any atom is -0.313 e. The summed E-state index contributed by atoms with van der Waals surface area (Å²) in [4.78, 5) is 0. The number of hydrogen-bond acceptors (Lipinski definition) is 3. The minimum absolute atomic E-state index is 0.813. The highest BCUT2D eigenvalue weighted by Crippen LogP contribution is 2.21. The van der Waals surface area contributed by atoms with E-state index in [2.05, 4.69) is 20.8 Å². The third kappa shape index (κ3) is 3.12. The molecule has 0 amide bonds. The van der Waals surface area contributed by atoms with Crippen LogP contribution in [0.1, 0.15) is 49.1 Å². The second-order valence-corrected chi connectivity index (χ2v) is 5.59. The monoisotopic (exact) mass is 248 g/mol. The van der Waals surface area contributed by atoms with Crippen LogP contribution in [0.3, 0.4) is 0 Å². The van der Waals surface area contributed by atoms with Crippen LogP contribution in [-0.2, 0) is 19.4 Å². The number of aromatic amines is 1. The Morgan fingerprint density at radius 3 is 2.89 bits per heavy atom. The van der Waals surface area contributed by atoms with E-state index in [4.69, 9.17) is 0 Å². The second kappa shape index (κ2) is 5.85. The lowest BCUT2D eigenvalue weighted by atomic mass is 10.1. The smallest absolute Gasteiger partial charge is 0.0794 e. The fourth-order valence-electron chi connectivity index (χ4n) is 2.73. The van der Waals surface area contributed by atoms with Gasteiger partial charge in [0.2, 0.25) is 0 Å². The van der Waals surface area contributed by atoms with E-state index in [0.29, 0.717) is 0 Å². The molecule has 0 atom stereocenters. The number of aryl methyl sites for hydroxylation is 1. The van der Waals surface area contributed by atoms with E-state index in [1.807, 2.05) is 0 Å². The second-order valence-electron chi connectivity index (χ2n) is 5.59. The van der Waals surface area contributed by atoms with Crippen molar-refractivity contribution < 1.29 is 0 Å². The van der Waals surface area contributed by atoms with Crippen LogP contribution in [0.25, 0.3) is 0 Å². The van der Waals surface area contributed by atoms with Crippen molar-refractivity contribution in [3.8, 4) is 0 Å². The predicted octanol–water partition coefficient (Wildman–Crippen LogP) is 1.52. The Morgan fingerprint density at radius 2 is 2.00 bits per heavy atom. The largest absolute Gasteiger partial charge is 0.313 e. The molecule has 18 heavy (non-hydrogen) atoms. The first-order valence-electron chi connectivity index (χ1n) is 7.42. The lowest BCUT2D eigenvalue weighted by Crippen LogP contribution is -2.28. The Labute approximate surface area is 109 Å². The zero-order valence-corrected chi connectivity index (χ0v) is 11.1. The zero-order chi connectivity index (χ0) is 12.2. The van der Waals surface area contributed by atoms with Gasteiger partial charge in [0.1, 0.15) is 0 Å². The van der Waals surface area contributed by atoms with Gasteiger partial charge in [-0.05, 0) is 44.1 Å². The van der Waals surface area contributed by atoms with Gasteiger partial charge in [-0.1, -0.05) is 6.42 Å². The van der Waals surface area contributed by atoms with E-state index in [0.717, 1.165) is 25.7 Å². The number of nitrogens with one attached hydrogen (secondary N) is 3. The average Bonchev–Trinajstić information content (AvgIpc) is 3.16. The van der Waals surface area contributed by atoms with Crippen LogP contribution in [0.5, 0.6) is 0 Å². The van der Waals surface area contributed by atoms with Crippen LogP contribution < -0.4 is 10.6 Å². The van der Waals surface area contributed by atoms with E-state index in [1.165, 1.54) is 61.9 Å². The molecule has 1 aromatic rings. The van der Waals surface area contributed by atoms with Gasteiger partial charge in [-0.25, -0.2) is 0 Å². The van der Waals surface area contributed by atoms with Crippen molar-refractivity contribution in [3.63, 3.8) is 0 Å². The molecule has 0 unspecified atom stereocenters. The molecule has 0 aliphatic heterocycles. The quantitative estimate of drug-likeness (QED) is 0.528. The van der Waals surface area contributed by atoms with Crippen LogP contribution in [0.15, 0.2) is 0 Å². The van der Waals surface area contributed by atoms with E-state index in [9.17, 15) is 0 Å². The number of rotatable bonds is 6. The average molecular weight is 248 g/mol. The van der Waals surface area contributed by atoms with Gasteiger partial charge in [-0.2, -0.15) is 5.10 Å². The Hall–Kier alpha value is -0.870. The first-order valence-corrected chi connectivity index (χ1v) is 7.42. The molecule has 4 nitrogen and oxygen atoms in total. The third-order valence-corrected chi connectivity index (χ3v) is 4.00. The number of nitrogens with zero attached hydrogens (tertiary/aromatic N) is 1. The maximum absolute atomic E-state index is 4.48. The van der Waals surface area contributed by atoms with Gasteiger partial charge in [0.05, 0.1) is 5.69 Å². The summed E-state index contributed by atoms with van der Waals surface area (Å²) in [6, 6.07) is 0.813. The summed E-state index contributed by atoms with van der Waals surface area (Å²) in [6.45, 7) is 3.04.